The molecule has 0 spiro atoms. The number of benzene rings is 1. The number of carbonyl (C=O) groups excluding carboxylic acids is 1. The van der Waals surface area contributed by atoms with Gasteiger partial charge in [-0.15, -0.1) is 0 Å². The molecule has 2 unspecified atom stereocenters. The summed E-state index contributed by atoms with van der Waals surface area (Å²) in [7, 11) is -3.51. The monoisotopic (exact) mass is 406 g/mol. The van der Waals surface area contributed by atoms with Crippen LogP contribution in [0.4, 0.5) is 0 Å². The van der Waals surface area contributed by atoms with Crippen molar-refractivity contribution in [3.8, 4) is 0 Å². The number of hydrogen-bond acceptors (Lipinski definition) is 3. The highest BCUT2D eigenvalue weighted by Gasteiger charge is 2.33. The van der Waals surface area contributed by atoms with E-state index in [1.165, 1.54) is 12.8 Å². The summed E-state index contributed by atoms with van der Waals surface area (Å²) in [5.74, 6) is 0.738. The van der Waals surface area contributed by atoms with Crippen LogP contribution in [0.25, 0.3) is 0 Å². The quantitative estimate of drug-likeness (QED) is 0.738. The van der Waals surface area contributed by atoms with Crippen molar-refractivity contribution in [2.45, 2.75) is 76.8 Å². The molecule has 2 aliphatic rings. The first kappa shape index (κ1) is 21.3. The van der Waals surface area contributed by atoms with Crippen LogP contribution >= 0.6 is 0 Å². The minimum atomic E-state index is -3.51. The van der Waals surface area contributed by atoms with Crippen LogP contribution < -0.4 is 0 Å². The molecule has 0 bridgehead atoms. The third-order valence-electron chi connectivity index (χ3n) is 6.08. The number of piperidine rings is 1. The molecule has 1 aromatic rings. The van der Waals surface area contributed by atoms with E-state index in [4.69, 9.17) is 0 Å². The molecule has 1 aliphatic heterocycles. The summed E-state index contributed by atoms with van der Waals surface area (Å²) in [5, 5.41) is 0. The largest absolute Gasteiger partial charge is 0.333 e. The summed E-state index contributed by atoms with van der Waals surface area (Å²) in [4.78, 5) is 15.3. The van der Waals surface area contributed by atoms with Crippen LogP contribution in [0.2, 0.25) is 0 Å². The van der Waals surface area contributed by atoms with E-state index in [9.17, 15) is 13.2 Å². The predicted molar refractivity (Wildman–Crippen MR) is 112 cm³/mol. The van der Waals surface area contributed by atoms with Crippen molar-refractivity contribution >= 4 is 15.9 Å². The summed E-state index contributed by atoms with van der Waals surface area (Å²) in [6, 6.07) is 6.98. The van der Waals surface area contributed by atoms with Crippen molar-refractivity contribution < 1.29 is 13.2 Å². The molecule has 1 heterocycles. The van der Waals surface area contributed by atoms with Crippen LogP contribution in [0, 0.1) is 11.8 Å². The molecule has 1 saturated heterocycles. The van der Waals surface area contributed by atoms with Gasteiger partial charge in [-0.3, -0.25) is 4.79 Å². The Hall–Kier alpha value is -1.40. The first-order chi connectivity index (χ1) is 13.2. The van der Waals surface area contributed by atoms with Gasteiger partial charge in [-0.05, 0) is 69.2 Å². The topological polar surface area (TPSA) is 57.7 Å². The van der Waals surface area contributed by atoms with Gasteiger partial charge in [0.2, 0.25) is 10.0 Å². The van der Waals surface area contributed by atoms with Crippen LogP contribution in [-0.2, 0) is 10.0 Å². The van der Waals surface area contributed by atoms with Gasteiger partial charge in [0.15, 0.2) is 0 Å². The van der Waals surface area contributed by atoms with Gasteiger partial charge in [0, 0.05) is 30.7 Å². The summed E-state index contributed by atoms with van der Waals surface area (Å²) in [6.07, 6.45) is 5.52. The molecular formula is C22H34N2O3S. The maximum atomic E-state index is 13.1. The molecule has 3 rings (SSSR count). The minimum Gasteiger partial charge on any atom is -0.333 e. The number of nitrogens with zero attached hydrogens (tertiary/aromatic N) is 2. The average molecular weight is 407 g/mol. The van der Waals surface area contributed by atoms with Gasteiger partial charge >= 0.3 is 0 Å². The first-order valence-corrected chi connectivity index (χ1v) is 12.1. The SMILES string of the molecule is CC1CC(C)CN(S(=O)(=O)c2ccc(C(=O)N(C(C)C)C3CCCC3)cc2)C1. The molecule has 156 valence electrons. The highest BCUT2D eigenvalue weighted by atomic mass is 32.2. The molecule has 0 N–H and O–H groups in total. The molecule has 1 saturated carbocycles. The van der Waals surface area contributed by atoms with Crippen molar-refractivity contribution in [3.63, 3.8) is 0 Å². The highest BCUT2D eigenvalue weighted by Crippen LogP contribution is 2.29. The Morgan fingerprint density at radius 2 is 1.57 bits per heavy atom. The standard InChI is InChI=1S/C22H34N2O3S/c1-16(2)24(20-7-5-6-8-20)22(25)19-9-11-21(12-10-19)28(26,27)23-14-17(3)13-18(4)15-23/h9-12,16-18,20H,5-8,13-15H2,1-4H3. The molecule has 0 aromatic heterocycles. The lowest BCUT2D eigenvalue weighted by atomic mass is 9.94. The zero-order chi connectivity index (χ0) is 20.5. The van der Waals surface area contributed by atoms with E-state index in [0.29, 0.717) is 36.5 Å². The second-order valence-electron chi connectivity index (χ2n) is 9.04. The molecule has 2 fully saturated rings. The van der Waals surface area contributed by atoms with Crippen LogP contribution in [-0.4, -0.2) is 48.7 Å². The summed E-state index contributed by atoms with van der Waals surface area (Å²) in [6.45, 7) is 9.43. The number of hydrogen-bond donors (Lipinski definition) is 0. The average Bonchev–Trinajstić information content (AvgIpc) is 3.15. The van der Waals surface area contributed by atoms with E-state index in [0.717, 1.165) is 19.3 Å². The zero-order valence-electron chi connectivity index (χ0n) is 17.6. The number of rotatable bonds is 5. The fourth-order valence-corrected chi connectivity index (χ4v) is 6.55. The number of amides is 1. The molecule has 1 aromatic carbocycles. The van der Waals surface area contributed by atoms with Gasteiger partial charge in [-0.2, -0.15) is 4.31 Å². The Morgan fingerprint density at radius 3 is 2.07 bits per heavy atom. The van der Waals surface area contributed by atoms with E-state index in [-0.39, 0.29) is 16.8 Å². The third-order valence-corrected chi connectivity index (χ3v) is 7.93. The molecule has 0 radical (unpaired) electrons. The second-order valence-corrected chi connectivity index (χ2v) is 11.0. The summed E-state index contributed by atoms with van der Waals surface area (Å²) >= 11 is 0. The first-order valence-electron chi connectivity index (χ1n) is 10.6. The molecule has 28 heavy (non-hydrogen) atoms. The van der Waals surface area contributed by atoms with E-state index < -0.39 is 10.0 Å². The molecule has 1 aliphatic carbocycles. The van der Waals surface area contributed by atoms with Crippen molar-refractivity contribution in [2.24, 2.45) is 11.8 Å². The van der Waals surface area contributed by atoms with Crippen molar-refractivity contribution in [2.75, 3.05) is 13.1 Å². The van der Waals surface area contributed by atoms with Crippen LogP contribution in [0.1, 0.15) is 70.2 Å². The molecular weight excluding hydrogens is 372 g/mol. The van der Waals surface area contributed by atoms with Gasteiger partial charge in [-0.25, -0.2) is 8.42 Å². The Bertz CT molecular complexity index is 773. The molecule has 5 nitrogen and oxygen atoms in total. The Morgan fingerprint density at radius 1 is 1.04 bits per heavy atom. The molecule has 6 heteroatoms. The Labute approximate surface area is 170 Å². The Kier molecular flexibility index (Phi) is 6.50. The maximum Gasteiger partial charge on any atom is 0.254 e. The number of sulfonamides is 1. The lowest BCUT2D eigenvalue weighted by Gasteiger charge is -2.34. The third kappa shape index (κ3) is 4.43. The van der Waals surface area contributed by atoms with E-state index in [1.807, 2.05) is 18.7 Å². The van der Waals surface area contributed by atoms with Crippen LogP contribution in [0.5, 0.6) is 0 Å². The van der Waals surface area contributed by atoms with Gasteiger partial charge in [0.25, 0.3) is 5.91 Å². The molecule has 1 amide bonds. The fraction of sp³-hybridized carbons (Fsp3) is 0.682. The lowest BCUT2D eigenvalue weighted by molar-refractivity contribution is 0.0613. The smallest absolute Gasteiger partial charge is 0.254 e. The van der Waals surface area contributed by atoms with Gasteiger partial charge < -0.3 is 4.90 Å². The molecule has 2 atom stereocenters. The van der Waals surface area contributed by atoms with Gasteiger partial charge in [-0.1, -0.05) is 26.7 Å². The van der Waals surface area contributed by atoms with Crippen molar-refractivity contribution in [1.82, 2.24) is 9.21 Å². The normalized spacial score (nSPS) is 24.6. The Balaban J connectivity index is 1.79. The van der Waals surface area contributed by atoms with Crippen LogP contribution in [0.3, 0.4) is 0 Å². The van der Waals surface area contributed by atoms with Gasteiger partial charge in [0.1, 0.15) is 0 Å². The second kappa shape index (κ2) is 8.54. The van der Waals surface area contributed by atoms with Crippen molar-refractivity contribution in [1.29, 1.82) is 0 Å². The van der Waals surface area contributed by atoms with E-state index in [2.05, 4.69) is 13.8 Å². The highest BCUT2D eigenvalue weighted by molar-refractivity contribution is 7.89. The summed E-state index contributed by atoms with van der Waals surface area (Å²) in [5.41, 5.74) is 0.569. The summed E-state index contributed by atoms with van der Waals surface area (Å²) < 4.78 is 27.7. The fourth-order valence-electron chi connectivity index (χ4n) is 4.87. The number of carbonyl (C=O) groups is 1. The van der Waals surface area contributed by atoms with Gasteiger partial charge in [0.05, 0.1) is 4.90 Å². The van der Waals surface area contributed by atoms with E-state index >= 15 is 0 Å². The zero-order valence-corrected chi connectivity index (χ0v) is 18.4. The van der Waals surface area contributed by atoms with Crippen LogP contribution in [0.15, 0.2) is 29.2 Å². The lowest BCUT2D eigenvalue weighted by Crippen LogP contribution is -2.43. The maximum absolute atomic E-state index is 13.1. The minimum absolute atomic E-state index is 0.00562. The predicted octanol–water partition coefficient (Wildman–Crippen LogP) is 4.15. The van der Waals surface area contributed by atoms with Crippen molar-refractivity contribution in [3.05, 3.63) is 29.8 Å². The van der Waals surface area contributed by atoms with E-state index in [1.54, 1.807) is 28.6 Å².